The molecule has 1 amide bonds. The quantitative estimate of drug-likeness (QED) is 0.575. The van der Waals surface area contributed by atoms with Crippen molar-refractivity contribution in [1.29, 1.82) is 0 Å². The molecule has 132 valence electrons. The summed E-state index contributed by atoms with van der Waals surface area (Å²) in [5, 5.41) is 3.40. The Morgan fingerprint density at radius 3 is 2.36 bits per heavy atom. The van der Waals surface area contributed by atoms with Gasteiger partial charge >= 0.3 is 0 Å². The van der Waals surface area contributed by atoms with E-state index in [4.69, 9.17) is 17.0 Å². The molecule has 2 rings (SSSR count). The molecular formula is C19H23N3O2S. The smallest absolute Gasteiger partial charge is 0.269 e. The van der Waals surface area contributed by atoms with E-state index >= 15 is 0 Å². The molecule has 0 atom stereocenters. The van der Waals surface area contributed by atoms with Crippen molar-refractivity contribution in [2.75, 3.05) is 5.32 Å². The summed E-state index contributed by atoms with van der Waals surface area (Å²) in [5.74, 6) is 0.452. The monoisotopic (exact) mass is 357 g/mol. The van der Waals surface area contributed by atoms with Gasteiger partial charge in [0.05, 0.1) is 6.10 Å². The Balaban J connectivity index is 1.88. The van der Waals surface area contributed by atoms with Crippen molar-refractivity contribution in [3.8, 4) is 5.75 Å². The number of benzene rings is 2. The second kappa shape index (κ2) is 8.48. The van der Waals surface area contributed by atoms with Crippen LogP contribution in [0.3, 0.4) is 0 Å². The number of carbonyl (C=O) groups is 1. The van der Waals surface area contributed by atoms with Gasteiger partial charge in [0.25, 0.3) is 5.91 Å². The minimum Gasteiger partial charge on any atom is -0.491 e. The predicted octanol–water partition coefficient (Wildman–Crippen LogP) is 3.72. The van der Waals surface area contributed by atoms with Gasteiger partial charge in [0.2, 0.25) is 0 Å². The van der Waals surface area contributed by atoms with E-state index in [2.05, 4.69) is 16.2 Å². The van der Waals surface area contributed by atoms with Gasteiger partial charge in [-0.25, -0.2) is 0 Å². The SMILES string of the molecule is Cc1cccc(NC(=S)NNC(=O)c2ccc(OC(C)C)cc2)c1C. The molecule has 2 aromatic rings. The molecule has 0 saturated carbocycles. The zero-order chi connectivity index (χ0) is 18.4. The van der Waals surface area contributed by atoms with Gasteiger partial charge in [-0.2, -0.15) is 0 Å². The third kappa shape index (κ3) is 5.46. The van der Waals surface area contributed by atoms with Crippen molar-refractivity contribution < 1.29 is 9.53 Å². The molecular weight excluding hydrogens is 334 g/mol. The average molecular weight is 357 g/mol. The van der Waals surface area contributed by atoms with Crippen LogP contribution >= 0.6 is 12.2 Å². The lowest BCUT2D eigenvalue weighted by Gasteiger charge is -2.14. The number of anilines is 1. The molecule has 6 heteroatoms. The molecule has 0 heterocycles. The van der Waals surface area contributed by atoms with Crippen molar-refractivity contribution in [3.05, 3.63) is 59.2 Å². The number of amides is 1. The Morgan fingerprint density at radius 1 is 1.04 bits per heavy atom. The first-order valence-corrected chi connectivity index (χ1v) is 8.48. The van der Waals surface area contributed by atoms with Crippen LogP contribution in [0.25, 0.3) is 0 Å². The summed E-state index contributed by atoms with van der Waals surface area (Å²) >= 11 is 5.22. The van der Waals surface area contributed by atoms with Crippen LogP contribution in [0, 0.1) is 13.8 Å². The standard InChI is InChI=1S/C19H23N3O2S/c1-12(2)24-16-10-8-15(9-11-16)18(23)21-22-19(25)20-17-7-5-6-13(3)14(17)4/h5-12H,1-4H3,(H,21,23)(H2,20,22,25). The summed E-state index contributed by atoms with van der Waals surface area (Å²) in [5.41, 5.74) is 8.99. The van der Waals surface area contributed by atoms with Crippen LogP contribution in [-0.4, -0.2) is 17.1 Å². The zero-order valence-corrected chi connectivity index (χ0v) is 15.7. The molecule has 0 spiro atoms. The maximum absolute atomic E-state index is 12.2. The van der Waals surface area contributed by atoms with Gasteiger partial charge in [0.15, 0.2) is 5.11 Å². The summed E-state index contributed by atoms with van der Waals surface area (Å²) in [6.07, 6.45) is 0.0925. The normalized spacial score (nSPS) is 10.3. The molecule has 0 aliphatic heterocycles. The van der Waals surface area contributed by atoms with E-state index in [0.29, 0.717) is 10.7 Å². The highest BCUT2D eigenvalue weighted by Crippen LogP contribution is 2.17. The van der Waals surface area contributed by atoms with Gasteiger partial charge in [-0.1, -0.05) is 12.1 Å². The van der Waals surface area contributed by atoms with E-state index in [-0.39, 0.29) is 12.0 Å². The fourth-order valence-corrected chi connectivity index (χ4v) is 2.34. The van der Waals surface area contributed by atoms with Crippen LogP contribution in [0.1, 0.15) is 35.3 Å². The molecule has 0 aliphatic carbocycles. The molecule has 0 fully saturated rings. The van der Waals surface area contributed by atoms with Gasteiger partial charge in [-0.3, -0.25) is 15.6 Å². The number of rotatable bonds is 4. The number of hydrazine groups is 1. The fraction of sp³-hybridized carbons (Fsp3) is 0.263. The highest BCUT2D eigenvalue weighted by atomic mass is 32.1. The second-order valence-corrected chi connectivity index (χ2v) is 6.38. The lowest BCUT2D eigenvalue weighted by atomic mass is 10.1. The van der Waals surface area contributed by atoms with Gasteiger partial charge in [0.1, 0.15) is 5.75 Å². The van der Waals surface area contributed by atoms with Crippen LogP contribution in [0.15, 0.2) is 42.5 Å². The number of aryl methyl sites for hydroxylation is 1. The molecule has 0 aromatic heterocycles. The van der Waals surface area contributed by atoms with Crippen LogP contribution in [0.5, 0.6) is 5.75 Å². The van der Waals surface area contributed by atoms with Crippen molar-refractivity contribution in [2.45, 2.75) is 33.8 Å². The highest BCUT2D eigenvalue weighted by molar-refractivity contribution is 7.80. The average Bonchev–Trinajstić information content (AvgIpc) is 2.57. The minimum absolute atomic E-state index is 0.0925. The Bertz CT molecular complexity index is 758. The third-order valence-electron chi connectivity index (χ3n) is 3.63. The van der Waals surface area contributed by atoms with Gasteiger partial charge in [0, 0.05) is 11.3 Å². The molecule has 0 unspecified atom stereocenters. The van der Waals surface area contributed by atoms with Crippen LogP contribution < -0.4 is 20.9 Å². The Hall–Kier alpha value is -2.60. The minimum atomic E-state index is -0.277. The largest absolute Gasteiger partial charge is 0.491 e. The van der Waals surface area contributed by atoms with E-state index < -0.39 is 0 Å². The lowest BCUT2D eigenvalue weighted by Crippen LogP contribution is -2.43. The van der Waals surface area contributed by atoms with Gasteiger partial charge in [-0.05, 0) is 81.4 Å². The first-order chi connectivity index (χ1) is 11.9. The Kier molecular flexibility index (Phi) is 6.36. The summed E-state index contributed by atoms with van der Waals surface area (Å²) in [4.78, 5) is 12.2. The molecule has 0 radical (unpaired) electrons. The van der Waals surface area contributed by atoms with E-state index in [1.807, 2.05) is 45.9 Å². The second-order valence-electron chi connectivity index (χ2n) is 5.97. The first-order valence-electron chi connectivity index (χ1n) is 8.07. The van der Waals surface area contributed by atoms with E-state index in [0.717, 1.165) is 17.0 Å². The fourth-order valence-electron chi connectivity index (χ4n) is 2.18. The summed E-state index contributed by atoms with van der Waals surface area (Å²) in [6, 6.07) is 12.9. The predicted molar refractivity (Wildman–Crippen MR) is 105 cm³/mol. The van der Waals surface area contributed by atoms with E-state index in [1.165, 1.54) is 5.56 Å². The number of nitrogens with one attached hydrogen (secondary N) is 3. The van der Waals surface area contributed by atoms with E-state index in [1.54, 1.807) is 24.3 Å². The molecule has 3 N–H and O–H groups in total. The van der Waals surface area contributed by atoms with Crippen molar-refractivity contribution in [3.63, 3.8) is 0 Å². The van der Waals surface area contributed by atoms with Crippen molar-refractivity contribution in [2.24, 2.45) is 0 Å². The lowest BCUT2D eigenvalue weighted by molar-refractivity contribution is 0.0944. The maximum Gasteiger partial charge on any atom is 0.269 e. The van der Waals surface area contributed by atoms with Crippen molar-refractivity contribution in [1.82, 2.24) is 10.9 Å². The summed E-state index contributed by atoms with van der Waals surface area (Å²) < 4.78 is 5.56. The van der Waals surface area contributed by atoms with Crippen LogP contribution in [0.4, 0.5) is 5.69 Å². The summed E-state index contributed by atoms with van der Waals surface area (Å²) in [7, 11) is 0. The van der Waals surface area contributed by atoms with Crippen LogP contribution in [-0.2, 0) is 0 Å². The molecule has 5 nitrogen and oxygen atoms in total. The van der Waals surface area contributed by atoms with E-state index in [9.17, 15) is 4.79 Å². The number of carbonyl (C=O) groups excluding carboxylic acids is 1. The molecule has 25 heavy (non-hydrogen) atoms. The first kappa shape index (κ1) is 18.7. The molecule has 2 aromatic carbocycles. The highest BCUT2D eigenvalue weighted by Gasteiger charge is 2.08. The topological polar surface area (TPSA) is 62.4 Å². The Labute approximate surface area is 153 Å². The maximum atomic E-state index is 12.2. The zero-order valence-electron chi connectivity index (χ0n) is 14.8. The molecule has 0 bridgehead atoms. The number of ether oxygens (including phenoxy) is 1. The number of thiocarbonyl (C=S) groups is 1. The third-order valence-corrected chi connectivity index (χ3v) is 3.83. The number of hydrogen-bond donors (Lipinski definition) is 3. The van der Waals surface area contributed by atoms with Crippen LogP contribution in [0.2, 0.25) is 0 Å². The molecule has 0 aliphatic rings. The van der Waals surface area contributed by atoms with Crippen molar-refractivity contribution >= 4 is 28.9 Å². The van der Waals surface area contributed by atoms with Gasteiger partial charge < -0.3 is 10.1 Å². The van der Waals surface area contributed by atoms with Gasteiger partial charge in [-0.15, -0.1) is 0 Å². The Morgan fingerprint density at radius 2 is 1.72 bits per heavy atom. The number of hydrogen-bond acceptors (Lipinski definition) is 3. The molecule has 0 saturated heterocycles. The summed E-state index contributed by atoms with van der Waals surface area (Å²) in [6.45, 7) is 7.95.